The summed E-state index contributed by atoms with van der Waals surface area (Å²) in [6, 6.07) is 14.5. The molecule has 0 aromatic heterocycles. The van der Waals surface area contributed by atoms with E-state index in [1.54, 1.807) is 14.2 Å². The number of benzene rings is 2. The monoisotopic (exact) mass is 346 g/mol. The lowest BCUT2D eigenvalue weighted by atomic mass is 9.58. The molecule has 1 aliphatic carbocycles. The quantitative estimate of drug-likeness (QED) is 0.839. The largest absolute Gasteiger partial charge is 0.493 e. The fourth-order valence-electron chi connectivity index (χ4n) is 4.29. The predicted molar refractivity (Wildman–Crippen MR) is 101 cm³/mol. The fourth-order valence-corrected chi connectivity index (χ4v) is 4.29. The van der Waals surface area contributed by atoms with Gasteiger partial charge in [-0.25, -0.2) is 0 Å². The van der Waals surface area contributed by atoms with Gasteiger partial charge in [0.25, 0.3) is 0 Å². The zero-order valence-corrected chi connectivity index (χ0v) is 15.2. The molecule has 4 heteroatoms. The van der Waals surface area contributed by atoms with Crippen LogP contribution in [0.1, 0.15) is 41.5 Å². The van der Waals surface area contributed by atoms with Crippen LogP contribution < -0.4 is 9.47 Å². The van der Waals surface area contributed by atoms with Gasteiger partial charge in [-0.15, -0.1) is 0 Å². The summed E-state index contributed by atoms with van der Waals surface area (Å²) in [7, 11) is 3.33. The number of nitrogens with zero attached hydrogens (tertiary/aromatic N) is 2. The van der Waals surface area contributed by atoms with Crippen molar-refractivity contribution in [2.45, 2.75) is 31.1 Å². The highest BCUT2D eigenvalue weighted by atomic mass is 16.5. The molecule has 2 aliphatic rings. The molecule has 0 saturated heterocycles. The maximum Gasteiger partial charge on any atom is 0.161 e. The van der Waals surface area contributed by atoms with E-state index in [9.17, 15) is 5.26 Å². The van der Waals surface area contributed by atoms with E-state index in [0.717, 1.165) is 66.1 Å². The van der Waals surface area contributed by atoms with Crippen LogP contribution in [-0.2, 0) is 11.8 Å². The third kappa shape index (κ3) is 2.39. The third-order valence-electron chi connectivity index (χ3n) is 5.74. The summed E-state index contributed by atoms with van der Waals surface area (Å²) in [5.74, 6) is 1.48. The molecule has 1 saturated carbocycles. The third-order valence-corrected chi connectivity index (χ3v) is 5.74. The summed E-state index contributed by atoms with van der Waals surface area (Å²) in [5.41, 5.74) is 5.18. The Morgan fingerprint density at radius 1 is 1.08 bits per heavy atom. The second-order valence-electron chi connectivity index (χ2n) is 6.94. The molecule has 0 spiro atoms. The Morgan fingerprint density at radius 2 is 1.81 bits per heavy atom. The molecule has 0 bridgehead atoms. The normalized spacial score (nSPS) is 17.3. The van der Waals surface area contributed by atoms with Crippen molar-refractivity contribution in [1.29, 1.82) is 5.26 Å². The van der Waals surface area contributed by atoms with E-state index in [2.05, 4.69) is 24.3 Å². The van der Waals surface area contributed by atoms with Gasteiger partial charge in [-0.1, -0.05) is 24.6 Å². The predicted octanol–water partition coefficient (Wildman–Crippen LogP) is 4.04. The number of hydrogen-bond acceptors (Lipinski definition) is 4. The van der Waals surface area contributed by atoms with Crippen LogP contribution >= 0.6 is 0 Å². The summed E-state index contributed by atoms with van der Waals surface area (Å²) < 4.78 is 11.0. The summed E-state index contributed by atoms with van der Waals surface area (Å²) in [4.78, 5) is 4.96. The van der Waals surface area contributed by atoms with Gasteiger partial charge in [0, 0.05) is 17.5 Å². The number of aliphatic imine (C=N–C) groups is 1. The molecule has 4 nitrogen and oxygen atoms in total. The molecule has 0 atom stereocenters. The number of fused-ring (bicyclic) bond motifs is 1. The van der Waals surface area contributed by atoms with E-state index in [1.165, 1.54) is 5.56 Å². The van der Waals surface area contributed by atoms with Crippen molar-refractivity contribution >= 4 is 5.71 Å². The van der Waals surface area contributed by atoms with Gasteiger partial charge in [0.15, 0.2) is 11.5 Å². The maximum atomic E-state index is 9.62. The standard InChI is InChI=1S/C22H22N2O2/c1-25-19-12-15-8-11-24-21(17(15)13-20(19)26-2)22(9-5-10-22)18-7-4-3-6-16(18)14-23/h3-4,6-7,12-13H,5,8-11H2,1-2H3. The Hall–Kier alpha value is -2.80. The minimum absolute atomic E-state index is 0.166. The first-order chi connectivity index (χ1) is 12.7. The average molecular weight is 346 g/mol. The van der Waals surface area contributed by atoms with E-state index in [-0.39, 0.29) is 5.41 Å². The maximum absolute atomic E-state index is 9.62. The molecule has 4 rings (SSSR count). The first kappa shape index (κ1) is 16.7. The van der Waals surface area contributed by atoms with Gasteiger partial charge in [-0.3, -0.25) is 4.99 Å². The Morgan fingerprint density at radius 3 is 2.46 bits per heavy atom. The highest BCUT2D eigenvalue weighted by molar-refractivity contribution is 6.11. The second kappa shape index (κ2) is 6.49. The van der Waals surface area contributed by atoms with E-state index in [0.29, 0.717) is 0 Å². The number of ether oxygens (including phenoxy) is 2. The van der Waals surface area contributed by atoms with E-state index in [1.807, 2.05) is 18.2 Å². The average Bonchev–Trinajstić information content (AvgIpc) is 2.66. The SMILES string of the molecule is COc1cc2c(cc1OC)C(C1(c3ccccc3C#N)CCC1)=NCC2. The van der Waals surface area contributed by atoms with Crippen molar-refractivity contribution in [3.05, 3.63) is 58.7 Å². The number of rotatable bonds is 4. The van der Waals surface area contributed by atoms with Gasteiger partial charge in [0.2, 0.25) is 0 Å². The van der Waals surface area contributed by atoms with Crippen LogP contribution in [0.25, 0.3) is 0 Å². The zero-order chi connectivity index (χ0) is 18.1. The lowest BCUT2D eigenvalue weighted by molar-refractivity contribution is 0.338. The molecule has 1 heterocycles. The molecule has 1 aliphatic heterocycles. The van der Waals surface area contributed by atoms with Crippen molar-refractivity contribution in [1.82, 2.24) is 0 Å². The molecule has 26 heavy (non-hydrogen) atoms. The summed E-state index contributed by atoms with van der Waals surface area (Å²) in [6.07, 6.45) is 4.10. The first-order valence-corrected chi connectivity index (χ1v) is 9.03. The molecule has 132 valence electrons. The van der Waals surface area contributed by atoms with Crippen LogP contribution in [0.5, 0.6) is 11.5 Å². The highest BCUT2D eigenvalue weighted by Gasteiger charge is 2.46. The van der Waals surface area contributed by atoms with Gasteiger partial charge in [-0.05, 0) is 48.6 Å². The van der Waals surface area contributed by atoms with Crippen molar-refractivity contribution < 1.29 is 9.47 Å². The lowest BCUT2D eigenvalue weighted by Crippen LogP contribution is -2.45. The van der Waals surface area contributed by atoms with Crippen LogP contribution in [0.4, 0.5) is 0 Å². The number of hydrogen-bond donors (Lipinski definition) is 0. The van der Waals surface area contributed by atoms with E-state index < -0.39 is 0 Å². The first-order valence-electron chi connectivity index (χ1n) is 9.03. The van der Waals surface area contributed by atoms with Gasteiger partial charge in [-0.2, -0.15) is 5.26 Å². The molecule has 0 unspecified atom stereocenters. The van der Waals surface area contributed by atoms with Crippen molar-refractivity contribution in [3.8, 4) is 17.6 Å². The van der Waals surface area contributed by atoms with Crippen molar-refractivity contribution in [2.24, 2.45) is 4.99 Å². The molecule has 0 radical (unpaired) electrons. The van der Waals surface area contributed by atoms with E-state index >= 15 is 0 Å². The molecule has 1 fully saturated rings. The minimum atomic E-state index is -0.166. The van der Waals surface area contributed by atoms with Crippen LogP contribution in [0.2, 0.25) is 0 Å². The van der Waals surface area contributed by atoms with Gasteiger partial charge in [0.05, 0.1) is 31.6 Å². The smallest absolute Gasteiger partial charge is 0.161 e. The van der Waals surface area contributed by atoms with E-state index in [4.69, 9.17) is 14.5 Å². The van der Waals surface area contributed by atoms with Crippen LogP contribution in [-0.4, -0.2) is 26.5 Å². The topological polar surface area (TPSA) is 54.6 Å². The molecule has 0 N–H and O–H groups in total. The summed E-state index contributed by atoms with van der Waals surface area (Å²) in [5, 5.41) is 9.62. The van der Waals surface area contributed by atoms with Crippen molar-refractivity contribution in [2.75, 3.05) is 20.8 Å². The summed E-state index contributed by atoms with van der Waals surface area (Å²) >= 11 is 0. The zero-order valence-electron chi connectivity index (χ0n) is 15.2. The Bertz CT molecular complexity index is 920. The minimum Gasteiger partial charge on any atom is -0.493 e. The fraction of sp³-hybridized carbons (Fsp3) is 0.364. The number of methoxy groups -OCH3 is 2. The van der Waals surface area contributed by atoms with Crippen LogP contribution in [0.3, 0.4) is 0 Å². The van der Waals surface area contributed by atoms with Gasteiger partial charge in [0.1, 0.15) is 0 Å². The second-order valence-corrected chi connectivity index (χ2v) is 6.94. The molecular weight excluding hydrogens is 324 g/mol. The Balaban J connectivity index is 1.89. The van der Waals surface area contributed by atoms with Gasteiger partial charge >= 0.3 is 0 Å². The van der Waals surface area contributed by atoms with Crippen LogP contribution in [0.15, 0.2) is 41.4 Å². The highest BCUT2D eigenvalue weighted by Crippen LogP contribution is 2.49. The lowest BCUT2D eigenvalue weighted by Gasteiger charge is -2.45. The van der Waals surface area contributed by atoms with Crippen LogP contribution in [0, 0.1) is 11.3 Å². The van der Waals surface area contributed by atoms with Crippen molar-refractivity contribution in [3.63, 3.8) is 0 Å². The molecular formula is C22H22N2O2. The molecule has 2 aromatic carbocycles. The molecule has 2 aromatic rings. The van der Waals surface area contributed by atoms with Gasteiger partial charge < -0.3 is 9.47 Å². The number of nitriles is 1. The summed E-state index contributed by atoms with van der Waals surface area (Å²) in [6.45, 7) is 0.772. The Kier molecular flexibility index (Phi) is 4.16. The Labute approximate surface area is 154 Å². The molecule has 0 amide bonds.